The van der Waals surface area contributed by atoms with Crippen molar-refractivity contribution in [3.8, 4) is 5.75 Å². The molecule has 1 heterocycles. The fraction of sp³-hybridized carbons (Fsp3) is 0.333. The summed E-state index contributed by atoms with van der Waals surface area (Å²) in [7, 11) is 1.48. The molecule has 4 rings (SSSR count). The van der Waals surface area contributed by atoms with Crippen LogP contribution in [-0.2, 0) is 9.59 Å². The van der Waals surface area contributed by atoms with Crippen molar-refractivity contribution < 1.29 is 23.9 Å². The Hall–Kier alpha value is -2.23. The van der Waals surface area contributed by atoms with Gasteiger partial charge in [0.2, 0.25) is 0 Å². The Labute approximate surface area is 218 Å². The van der Waals surface area contributed by atoms with Crippen molar-refractivity contribution in [1.29, 1.82) is 0 Å². The van der Waals surface area contributed by atoms with E-state index in [0.717, 1.165) is 10.0 Å². The Morgan fingerprint density at radius 1 is 1.00 bits per heavy atom. The minimum absolute atomic E-state index is 0.0179. The van der Waals surface area contributed by atoms with E-state index in [4.69, 9.17) is 16.3 Å². The average molecular weight is 613 g/mol. The molecule has 0 spiro atoms. The molecule has 0 unspecified atom stereocenters. The first-order valence-corrected chi connectivity index (χ1v) is 12.8. The lowest BCUT2D eigenvalue weighted by Gasteiger charge is -2.30. The first kappa shape index (κ1) is 24.9. The number of carbonyl (C=O) groups excluding carboxylic acids is 4. The maximum absolute atomic E-state index is 13.5. The molecule has 10 heteroatoms. The number of hydrogen-bond donors (Lipinski definition) is 0. The molecule has 1 aliphatic heterocycles. The molecule has 34 heavy (non-hydrogen) atoms. The van der Waals surface area contributed by atoms with Crippen LogP contribution in [-0.4, -0.2) is 56.8 Å². The van der Waals surface area contributed by atoms with Crippen molar-refractivity contribution in [3.05, 3.63) is 64.7 Å². The van der Waals surface area contributed by atoms with E-state index in [1.807, 2.05) is 0 Å². The van der Waals surface area contributed by atoms with Gasteiger partial charge in [0.25, 0.3) is 17.7 Å². The number of nitrogens with zero attached hydrogens (tertiary/aromatic N) is 2. The number of Topliss-reactive ketones (excluding diaryl/α,β-unsaturated/α-hetero) is 1. The molecule has 0 N–H and O–H groups in total. The Kier molecular flexibility index (Phi) is 7.45. The predicted octanol–water partition coefficient (Wildman–Crippen LogP) is 4.51. The van der Waals surface area contributed by atoms with Crippen molar-refractivity contribution in [2.75, 3.05) is 13.7 Å². The molecule has 2 aromatic carbocycles. The van der Waals surface area contributed by atoms with Crippen LogP contribution >= 0.6 is 43.5 Å². The van der Waals surface area contributed by atoms with Crippen molar-refractivity contribution in [1.82, 2.24) is 10.0 Å². The van der Waals surface area contributed by atoms with Crippen LogP contribution < -0.4 is 4.74 Å². The first-order chi connectivity index (χ1) is 16.2. The van der Waals surface area contributed by atoms with Gasteiger partial charge < -0.3 is 4.74 Å². The average Bonchev–Trinajstić information content (AvgIpc) is 3.06. The number of hydrazine groups is 1. The fourth-order valence-corrected chi connectivity index (χ4v) is 5.68. The zero-order valence-corrected chi connectivity index (χ0v) is 22.0. The van der Waals surface area contributed by atoms with Gasteiger partial charge in [-0.1, -0.05) is 55.6 Å². The minimum atomic E-state index is -0.640. The van der Waals surface area contributed by atoms with Crippen molar-refractivity contribution in [2.45, 2.75) is 22.5 Å². The van der Waals surface area contributed by atoms with Crippen molar-refractivity contribution in [2.24, 2.45) is 11.8 Å². The van der Waals surface area contributed by atoms with Crippen LogP contribution in [0, 0.1) is 11.8 Å². The summed E-state index contributed by atoms with van der Waals surface area (Å²) >= 11 is 13.1. The van der Waals surface area contributed by atoms with Crippen LogP contribution in [0.5, 0.6) is 5.75 Å². The van der Waals surface area contributed by atoms with E-state index >= 15 is 0 Å². The number of ketones is 1. The predicted molar refractivity (Wildman–Crippen MR) is 133 cm³/mol. The lowest BCUT2D eigenvalue weighted by Crippen LogP contribution is -2.52. The third-order valence-corrected chi connectivity index (χ3v) is 9.13. The molecule has 1 saturated heterocycles. The number of methoxy groups -OCH3 is 1. The Bertz CT molecular complexity index is 1110. The highest BCUT2D eigenvalue weighted by Crippen LogP contribution is 2.43. The molecule has 2 aliphatic rings. The summed E-state index contributed by atoms with van der Waals surface area (Å²) in [6.07, 6.45) is 0.906. The first-order valence-electron chi connectivity index (χ1n) is 10.6. The second kappa shape index (κ2) is 10.2. The number of hydrogen-bond acceptors (Lipinski definition) is 5. The largest absolute Gasteiger partial charge is 0.497 e. The molecule has 0 radical (unpaired) electrons. The van der Waals surface area contributed by atoms with E-state index in [9.17, 15) is 19.2 Å². The van der Waals surface area contributed by atoms with Crippen LogP contribution in [0.3, 0.4) is 0 Å². The summed E-state index contributed by atoms with van der Waals surface area (Å²) in [5.41, 5.74) is 0.501. The Morgan fingerprint density at radius 3 is 2.15 bits per heavy atom. The summed E-state index contributed by atoms with van der Waals surface area (Å²) in [4.78, 5) is 53.5. The van der Waals surface area contributed by atoms with Gasteiger partial charge in [-0.05, 0) is 49.2 Å². The number of rotatable bonds is 6. The molecule has 178 valence electrons. The molecule has 4 atom stereocenters. The van der Waals surface area contributed by atoms with Gasteiger partial charge in [0.05, 0.1) is 18.9 Å². The van der Waals surface area contributed by atoms with Crippen LogP contribution in [0.15, 0.2) is 48.5 Å². The fourth-order valence-electron chi connectivity index (χ4n) is 4.31. The highest BCUT2D eigenvalue weighted by atomic mass is 79.9. The molecular weight excluding hydrogens is 592 g/mol. The summed E-state index contributed by atoms with van der Waals surface area (Å²) in [5, 5.41) is 2.26. The minimum Gasteiger partial charge on any atom is -0.497 e. The number of benzene rings is 2. The topological polar surface area (TPSA) is 84.0 Å². The van der Waals surface area contributed by atoms with E-state index in [1.165, 1.54) is 31.4 Å². The molecule has 7 nitrogen and oxygen atoms in total. The maximum Gasteiger partial charge on any atom is 0.273 e. The van der Waals surface area contributed by atoms with Gasteiger partial charge in [-0.25, -0.2) is 5.01 Å². The van der Waals surface area contributed by atoms with Gasteiger partial charge in [0.15, 0.2) is 5.78 Å². The number of ether oxygens (including phenoxy) is 1. The molecule has 1 saturated carbocycles. The molecule has 0 bridgehead atoms. The Morgan fingerprint density at radius 2 is 1.59 bits per heavy atom. The van der Waals surface area contributed by atoms with E-state index in [-0.39, 0.29) is 15.2 Å². The number of carbonyl (C=O) groups is 4. The quantitative estimate of drug-likeness (QED) is 0.273. The smallest absolute Gasteiger partial charge is 0.273 e. The van der Waals surface area contributed by atoms with E-state index in [2.05, 4.69) is 31.9 Å². The van der Waals surface area contributed by atoms with Gasteiger partial charge in [-0.15, -0.1) is 0 Å². The number of halogens is 3. The third-order valence-electron chi connectivity index (χ3n) is 6.14. The van der Waals surface area contributed by atoms with Crippen LogP contribution in [0.2, 0.25) is 5.02 Å². The molecule has 1 aliphatic carbocycles. The Balaban J connectivity index is 1.69. The number of imide groups is 1. The monoisotopic (exact) mass is 610 g/mol. The lowest BCUT2D eigenvalue weighted by atomic mass is 9.81. The highest BCUT2D eigenvalue weighted by molar-refractivity contribution is 9.12. The van der Waals surface area contributed by atoms with Crippen LogP contribution in [0.4, 0.5) is 0 Å². The summed E-state index contributed by atoms with van der Waals surface area (Å²) in [5.74, 6) is -2.66. The normalized spacial score (nSPS) is 24.1. The summed E-state index contributed by atoms with van der Waals surface area (Å²) < 4.78 is 5.18. The van der Waals surface area contributed by atoms with E-state index < -0.39 is 41.9 Å². The lowest BCUT2D eigenvalue weighted by molar-refractivity contribution is -0.154. The van der Waals surface area contributed by atoms with Crippen LogP contribution in [0.25, 0.3) is 0 Å². The standard InChI is InChI=1S/C24H21Br2ClN2O5/c1-34-16-4-2-3-14(9-16)21(30)12-28(22(31)13-5-7-15(27)8-6-13)29-23(32)17-10-19(25)20(26)11-18(17)24(29)33/h2-9,17-20H,10-12H2,1H3/t17-,18+,19+,20-. The zero-order chi connectivity index (χ0) is 24.6. The molecule has 2 aromatic rings. The van der Waals surface area contributed by atoms with Gasteiger partial charge >= 0.3 is 0 Å². The van der Waals surface area contributed by atoms with Crippen molar-refractivity contribution in [3.63, 3.8) is 0 Å². The molecule has 3 amide bonds. The molecular formula is C24H21Br2ClN2O5. The summed E-state index contributed by atoms with van der Waals surface area (Å²) in [6.45, 7) is -0.485. The van der Waals surface area contributed by atoms with E-state index in [0.29, 0.717) is 29.2 Å². The second-order valence-electron chi connectivity index (χ2n) is 8.23. The van der Waals surface area contributed by atoms with Crippen molar-refractivity contribution >= 4 is 67.0 Å². The maximum atomic E-state index is 13.5. The highest BCUT2D eigenvalue weighted by Gasteiger charge is 2.54. The number of fused-ring (bicyclic) bond motifs is 1. The molecule has 0 aromatic heterocycles. The van der Waals surface area contributed by atoms with Gasteiger partial charge in [0, 0.05) is 25.8 Å². The third kappa shape index (κ3) is 4.78. The number of amides is 3. The summed E-state index contributed by atoms with van der Waals surface area (Å²) in [6, 6.07) is 12.6. The molecule has 2 fully saturated rings. The van der Waals surface area contributed by atoms with Gasteiger partial charge in [-0.2, -0.15) is 5.01 Å². The second-order valence-corrected chi connectivity index (χ2v) is 11.0. The zero-order valence-electron chi connectivity index (χ0n) is 18.1. The van der Waals surface area contributed by atoms with Gasteiger partial charge in [-0.3, -0.25) is 19.2 Å². The SMILES string of the molecule is COc1cccc(C(=O)CN(C(=O)c2ccc(Cl)cc2)N2C(=O)[C@H]3C[C@@H](Br)[C@@H](Br)C[C@H]3C2=O)c1. The van der Waals surface area contributed by atoms with E-state index in [1.54, 1.807) is 24.3 Å². The van der Waals surface area contributed by atoms with Crippen LogP contribution in [0.1, 0.15) is 33.6 Å². The number of alkyl halides is 2. The van der Waals surface area contributed by atoms with Gasteiger partial charge in [0.1, 0.15) is 12.3 Å².